The fraction of sp³-hybridized carbons (Fsp3) is 0.600. The lowest BCUT2D eigenvalue weighted by Crippen LogP contribution is -2.97. The molecule has 0 aromatic heterocycles. The van der Waals surface area contributed by atoms with Crippen LogP contribution in [0.5, 0.6) is 0 Å². The summed E-state index contributed by atoms with van der Waals surface area (Å²) >= 11 is 0. The second-order valence-electron chi connectivity index (χ2n) is 7.44. The van der Waals surface area contributed by atoms with Gasteiger partial charge in [-0.05, 0) is 51.2 Å². The van der Waals surface area contributed by atoms with Crippen LogP contribution in [-0.4, -0.2) is 30.4 Å². The van der Waals surface area contributed by atoms with E-state index >= 15 is 0 Å². The van der Waals surface area contributed by atoms with Gasteiger partial charge >= 0.3 is 0 Å². The predicted octanol–water partition coefficient (Wildman–Crippen LogP) is 1.89. The zero-order valence-electron chi connectivity index (χ0n) is 15.9. The van der Waals surface area contributed by atoms with Crippen LogP contribution >= 0.6 is 0 Å². The SMILES string of the molecule is Cc1cccc(C)c1NC(=O)CNC(=O)[C@@H](C)[NH2+][C@H]1CCCC[C@@H]1C. The van der Waals surface area contributed by atoms with Gasteiger partial charge < -0.3 is 16.0 Å². The molecule has 138 valence electrons. The maximum absolute atomic E-state index is 12.3. The Bertz CT molecular complexity index is 595. The van der Waals surface area contributed by atoms with E-state index in [1.807, 2.05) is 39.0 Å². The van der Waals surface area contributed by atoms with Crippen LogP contribution < -0.4 is 16.0 Å². The van der Waals surface area contributed by atoms with Gasteiger partial charge in [0, 0.05) is 11.6 Å². The predicted molar refractivity (Wildman–Crippen MR) is 100 cm³/mol. The molecular weight excluding hydrogens is 314 g/mol. The highest BCUT2D eigenvalue weighted by Gasteiger charge is 2.28. The molecule has 0 saturated heterocycles. The summed E-state index contributed by atoms with van der Waals surface area (Å²) in [7, 11) is 0. The third kappa shape index (κ3) is 5.56. The Labute approximate surface area is 151 Å². The standard InChI is InChI=1S/C20H31N3O2/c1-13-8-5-6-11-17(13)22-16(4)20(25)21-12-18(24)23-19-14(2)9-7-10-15(19)3/h7,9-10,13,16-17,22H,5-6,8,11-12H2,1-4H3,(H,21,25)(H,23,24)/p+1/t13-,16+,17-/m0/s1. The van der Waals surface area contributed by atoms with E-state index in [1.54, 1.807) is 0 Å². The average molecular weight is 346 g/mol. The van der Waals surface area contributed by atoms with Gasteiger partial charge in [-0.1, -0.05) is 31.5 Å². The van der Waals surface area contributed by atoms with Crippen molar-refractivity contribution in [2.75, 3.05) is 11.9 Å². The molecule has 1 aliphatic carbocycles. The van der Waals surface area contributed by atoms with E-state index in [9.17, 15) is 9.59 Å². The Kier molecular flexibility index (Phi) is 7.00. The zero-order valence-corrected chi connectivity index (χ0v) is 15.9. The Morgan fingerprint density at radius 3 is 2.48 bits per heavy atom. The van der Waals surface area contributed by atoms with Gasteiger partial charge in [-0.15, -0.1) is 0 Å². The normalized spacial score (nSPS) is 21.4. The van der Waals surface area contributed by atoms with Crippen LogP contribution in [0.15, 0.2) is 18.2 Å². The summed E-state index contributed by atoms with van der Waals surface area (Å²) in [6.45, 7) is 8.11. The second-order valence-corrected chi connectivity index (χ2v) is 7.44. The monoisotopic (exact) mass is 346 g/mol. The van der Waals surface area contributed by atoms with Crippen molar-refractivity contribution in [1.29, 1.82) is 0 Å². The first-order valence-electron chi connectivity index (χ1n) is 9.37. The molecule has 0 aliphatic heterocycles. The number of anilines is 1. The molecule has 2 rings (SSSR count). The maximum atomic E-state index is 12.3. The first kappa shape index (κ1) is 19.4. The van der Waals surface area contributed by atoms with Crippen molar-refractivity contribution in [1.82, 2.24) is 5.32 Å². The number of para-hydroxylation sites is 1. The fourth-order valence-corrected chi connectivity index (χ4v) is 3.61. The number of rotatable bonds is 6. The molecule has 0 heterocycles. The first-order valence-corrected chi connectivity index (χ1v) is 9.37. The lowest BCUT2D eigenvalue weighted by Gasteiger charge is -2.28. The summed E-state index contributed by atoms with van der Waals surface area (Å²) in [4.78, 5) is 24.4. The fourth-order valence-electron chi connectivity index (χ4n) is 3.61. The van der Waals surface area contributed by atoms with Crippen molar-refractivity contribution < 1.29 is 14.9 Å². The highest BCUT2D eigenvalue weighted by Crippen LogP contribution is 2.21. The van der Waals surface area contributed by atoms with E-state index < -0.39 is 0 Å². The molecule has 0 spiro atoms. The number of hydrogen-bond donors (Lipinski definition) is 3. The van der Waals surface area contributed by atoms with Crippen LogP contribution in [0.4, 0.5) is 5.69 Å². The molecule has 5 heteroatoms. The van der Waals surface area contributed by atoms with Crippen molar-refractivity contribution in [3.05, 3.63) is 29.3 Å². The van der Waals surface area contributed by atoms with Gasteiger partial charge in [-0.25, -0.2) is 0 Å². The summed E-state index contributed by atoms with van der Waals surface area (Å²) in [5.74, 6) is 0.384. The lowest BCUT2D eigenvalue weighted by atomic mass is 9.85. The number of amides is 2. The van der Waals surface area contributed by atoms with Crippen molar-refractivity contribution >= 4 is 17.5 Å². The molecule has 0 radical (unpaired) electrons. The van der Waals surface area contributed by atoms with Gasteiger partial charge in [-0.3, -0.25) is 9.59 Å². The molecule has 0 bridgehead atoms. The molecule has 3 atom stereocenters. The minimum Gasteiger partial charge on any atom is -0.342 e. The van der Waals surface area contributed by atoms with Crippen molar-refractivity contribution in [3.63, 3.8) is 0 Å². The molecule has 2 amide bonds. The first-order chi connectivity index (χ1) is 11.9. The molecule has 1 saturated carbocycles. The van der Waals surface area contributed by atoms with Crippen LogP contribution in [0.3, 0.4) is 0 Å². The van der Waals surface area contributed by atoms with E-state index in [-0.39, 0.29) is 24.4 Å². The van der Waals surface area contributed by atoms with Crippen LogP contribution in [0.2, 0.25) is 0 Å². The number of hydrogen-bond acceptors (Lipinski definition) is 2. The quantitative estimate of drug-likeness (QED) is 0.736. The number of carbonyl (C=O) groups excluding carboxylic acids is 2. The highest BCUT2D eigenvalue weighted by atomic mass is 16.2. The molecular formula is C20H32N3O2+. The number of nitrogens with two attached hydrogens (primary N) is 1. The Hall–Kier alpha value is -1.88. The molecule has 1 aromatic carbocycles. The van der Waals surface area contributed by atoms with E-state index in [2.05, 4.69) is 22.9 Å². The van der Waals surface area contributed by atoms with Gasteiger partial charge in [0.2, 0.25) is 5.91 Å². The third-order valence-electron chi connectivity index (χ3n) is 5.30. The summed E-state index contributed by atoms with van der Waals surface area (Å²) in [5, 5.41) is 7.83. The van der Waals surface area contributed by atoms with E-state index in [0.717, 1.165) is 16.8 Å². The Balaban J connectivity index is 1.79. The summed E-state index contributed by atoms with van der Waals surface area (Å²) in [6, 6.07) is 6.23. The third-order valence-corrected chi connectivity index (χ3v) is 5.30. The molecule has 1 fully saturated rings. The summed E-state index contributed by atoms with van der Waals surface area (Å²) in [6.07, 6.45) is 4.96. The number of quaternary nitrogens is 1. The number of nitrogens with one attached hydrogen (secondary N) is 2. The van der Waals surface area contributed by atoms with Crippen LogP contribution in [-0.2, 0) is 9.59 Å². The van der Waals surface area contributed by atoms with Gasteiger partial charge in [0.25, 0.3) is 5.91 Å². The molecule has 1 aliphatic rings. The van der Waals surface area contributed by atoms with Gasteiger partial charge in [0.05, 0.1) is 12.6 Å². The van der Waals surface area contributed by atoms with Crippen molar-refractivity contribution in [2.45, 2.75) is 65.5 Å². The molecule has 0 unspecified atom stereocenters. The molecule has 25 heavy (non-hydrogen) atoms. The maximum Gasteiger partial charge on any atom is 0.278 e. The topological polar surface area (TPSA) is 74.8 Å². The number of aryl methyl sites for hydroxylation is 2. The van der Waals surface area contributed by atoms with E-state index in [1.165, 1.54) is 25.7 Å². The van der Waals surface area contributed by atoms with Crippen molar-refractivity contribution in [2.24, 2.45) is 5.92 Å². The molecule has 4 N–H and O–H groups in total. The number of carbonyl (C=O) groups is 2. The van der Waals surface area contributed by atoms with E-state index in [4.69, 9.17) is 0 Å². The van der Waals surface area contributed by atoms with Crippen LogP contribution in [0.25, 0.3) is 0 Å². The van der Waals surface area contributed by atoms with Gasteiger partial charge in [-0.2, -0.15) is 0 Å². The lowest BCUT2D eigenvalue weighted by molar-refractivity contribution is -0.714. The van der Waals surface area contributed by atoms with Crippen LogP contribution in [0.1, 0.15) is 50.7 Å². The second kappa shape index (κ2) is 8.99. The minimum atomic E-state index is -0.191. The van der Waals surface area contributed by atoms with Crippen molar-refractivity contribution in [3.8, 4) is 0 Å². The van der Waals surface area contributed by atoms with Gasteiger partial charge in [0.1, 0.15) is 0 Å². The smallest absolute Gasteiger partial charge is 0.278 e. The zero-order chi connectivity index (χ0) is 18.4. The Morgan fingerprint density at radius 1 is 1.20 bits per heavy atom. The van der Waals surface area contributed by atoms with E-state index in [0.29, 0.717) is 12.0 Å². The Morgan fingerprint density at radius 2 is 1.84 bits per heavy atom. The summed E-state index contributed by atoms with van der Waals surface area (Å²) in [5.41, 5.74) is 2.87. The average Bonchev–Trinajstić information content (AvgIpc) is 2.58. The number of benzene rings is 1. The highest BCUT2D eigenvalue weighted by molar-refractivity contribution is 5.96. The summed E-state index contributed by atoms with van der Waals surface area (Å²) < 4.78 is 0. The van der Waals surface area contributed by atoms with Crippen LogP contribution in [0, 0.1) is 19.8 Å². The molecule has 5 nitrogen and oxygen atoms in total. The minimum absolute atomic E-state index is 0.00497. The largest absolute Gasteiger partial charge is 0.342 e. The van der Waals surface area contributed by atoms with Gasteiger partial charge in [0.15, 0.2) is 6.04 Å². The molecule has 1 aromatic rings.